The summed E-state index contributed by atoms with van der Waals surface area (Å²) in [5.74, 6) is 0. The van der Waals surface area contributed by atoms with Gasteiger partial charge in [-0.3, -0.25) is 4.99 Å². The molecule has 2 heteroatoms. The van der Waals surface area contributed by atoms with Gasteiger partial charge in [0.25, 0.3) is 0 Å². The van der Waals surface area contributed by atoms with E-state index in [1.54, 1.807) is 0 Å². The number of fused-ring (bicyclic) bond motifs is 5. The van der Waals surface area contributed by atoms with Crippen molar-refractivity contribution in [1.82, 2.24) is 0 Å². The molecule has 0 saturated heterocycles. The molecule has 0 aromatic heterocycles. The number of hydrogen-bond acceptors (Lipinski definition) is 2. The molecule has 0 spiro atoms. The van der Waals surface area contributed by atoms with E-state index >= 15 is 0 Å². The zero-order chi connectivity index (χ0) is 35.9. The molecule has 9 rings (SSSR count). The first-order chi connectivity index (χ1) is 25.9. The summed E-state index contributed by atoms with van der Waals surface area (Å²) in [5.41, 5.74) is 14.2. The molecule has 2 nitrogen and oxygen atoms in total. The van der Waals surface area contributed by atoms with Gasteiger partial charge in [0.15, 0.2) is 0 Å². The Morgan fingerprint density at radius 2 is 1.08 bits per heavy atom. The second-order valence-corrected chi connectivity index (χ2v) is 14.4. The van der Waals surface area contributed by atoms with Crippen LogP contribution in [0.1, 0.15) is 41.7 Å². The minimum atomic E-state index is -0.0421. The smallest absolute Gasteiger partial charge is 0.0723 e. The quantitative estimate of drug-likeness (QED) is 0.163. The molecule has 53 heavy (non-hydrogen) atoms. The molecule has 1 N–H and O–H groups in total. The normalized spacial score (nSPS) is 13.4. The predicted octanol–water partition coefficient (Wildman–Crippen LogP) is 13.2. The second-order valence-electron chi connectivity index (χ2n) is 14.4. The zero-order valence-electron chi connectivity index (χ0n) is 29.8. The Morgan fingerprint density at radius 1 is 0.491 bits per heavy atom. The molecule has 0 saturated carbocycles. The number of allylic oxidation sites excluding steroid dienone is 1. The van der Waals surface area contributed by atoms with Crippen molar-refractivity contribution in [3.63, 3.8) is 0 Å². The zero-order valence-corrected chi connectivity index (χ0v) is 29.8. The Labute approximate surface area is 311 Å². The molecule has 0 radical (unpaired) electrons. The van der Waals surface area contributed by atoms with Crippen molar-refractivity contribution in [2.75, 3.05) is 0 Å². The molecule has 8 aromatic rings. The number of nitrogens with zero attached hydrogens (tertiary/aromatic N) is 1. The number of nitrogens with one attached hydrogen (secondary N) is 1. The second kappa shape index (κ2) is 13.2. The van der Waals surface area contributed by atoms with Crippen molar-refractivity contribution in [2.24, 2.45) is 4.99 Å². The van der Waals surface area contributed by atoms with E-state index in [2.05, 4.69) is 129 Å². The van der Waals surface area contributed by atoms with Crippen LogP contribution in [0.5, 0.6) is 0 Å². The van der Waals surface area contributed by atoms with E-state index in [4.69, 9.17) is 10.4 Å². The fraction of sp³-hybridized carbons (Fsp3) is 0.0588. The average molecular weight is 679 g/mol. The standard InChI is InChI=1S/C51H38N2/c1-51(2)47-28-26-40(30-45(47)46-29-38-17-9-10-18-39(38)31-48(46)51)34-21-23-35(24-22-34)43-27-25-41(42-19-11-12-20-44(42)43)33-53-50(37-15-7-4-8-16-37)32-49(52)36-13-5-3-6-14-36/h3-33,52H,1-2H3/b50-32-,52-49?,53-33?. The van der Waals surface area contributed by atoms with Crippen molar-refractivity contribution in [3.8, 4) is 33.4 Å². The van der Waals surface area contributed by atoms with Gasteiger partial charge in [0.05, 0.1) is 11.4 Å². The van der Waals surface area contributed by atoms with Gasteiger partial charge in [-0.25, -0.2) is 0 Å². The highest BCUT2D eigenvalue weighted by molar-refractivity contribution is 6.12. The van der Waals surface area contributed by atoms with Crippen LogP contribution in [0.3, 0.4) is 0 Å². The van der Waals surface area contributed by atoms with Gasteiger partial charge in [0, 0.05) is 22.8 Å². The predicted molar refractivity (Wildman–Crippen MR) is 225 cm³/mol. The van der Waals surface area contributed by atoms with E-state index in [-0.39, 0.29) is 5.41 Å². The van der Waals surface area contributed by atoms with Crippen LogP contribution in [0.15, 0.2) is 187 Å². The third-order valence-electron chi connectivity index (χ3n) is 10.8. The van der Waals surface area contributed by atoms with E-state index in [0.717, 1.165) is 27.8 Å². The van der Waals surface area contributed by atoms with Crippen LogP contribution in [0.25, 0.3) is 60.6 Å². The van der Waals surface area contributed by atoms with E-state index in [0.29, 0.717) is 5.71 Å². The highest BCUT2D eigenvalue weighted by Gasteiger charge is 2.35. The van der Waals surface area contributed by atoms with Gasteiger partial charge in [-0.1, -0.05) is 172 Å². The van der Waals surface area contributed by atoms with Crippen LogP contribution in [0.2, 0.25) is 0 Å². The van der Waals surface area contributed by atoms with E-state index < -0.39 is 0 Å². The summed E-state index contributed by atoms with van der Waals surface area (Å²) in [7, 11) is 0. The molecule has 0 unspecified atom stereocenters. The lowest BCUT2D eigenvalue weighted by Gasteiger charge is -2.22. The van der Waals surface area contributed by atoms with Crippen LogP contribution in [-0.4, -0.2) is 11.9 Å². The van der Waals surface area contributed by atoms with E-state index in [1.807, 2.05) is 73.0 Å². The lowest BCUT2D eigenvalue weighted by molar-refractivity contribution is 0.661. The minimum Gasteiger partial charge on any atom is -0.300 e. The van der Waals surface area contributed by atoms with Crippen molar-refractivity contribution < 1.29 is 0 Å². The summed E-state index contributed by atoms with van der Waals surface area (Å²) in [6.07, 6.45) is 3.78. The average Bonchev–Trinajstić information content (AvgIpc) is 3.43. The van der Waals surface area contributed by atoms with Crippen LogP contribution < -0.4 is 0 Å². The summed E-state index contributed by atoms with van der Waals surface area (Å²) in [4.78, 5) is 4.99. The number of aliphatic imine (C=N–C) groups is 1. The molecule has 0 amide bonds. The molecule has 0 aliphatic heterocycles. The lowest BCUT2D eigenvalue weighted by atomic mass is 9.81. The highest BCUT2D eigenvalue weighted by atomic mass is 14.7. The molecule has 0 atom stereocenters. The maximum Gasteiger partial charge on any atom is 0.0723 e. The Hall–Kier alpha value is -6.64. The summed E-state index contributed by atoms with van der Waals surface area (Å²) in [6.45, 7) is 4.69. The maximum atomic E-state index is 8.77. The summed E-state index contributed by atoms with van der Waals surface area (Å²) >= 11 is 0. The minimum absolute atomic E-state index is 0.0421. The van der Waals surface area contributed by atoms with Gasteiger partial charge in [0.2, 0.25) is 0 Å². The third kappa shape index (κ3) is 5.89. The van der Waals surface area contributed by atoms with Crippen LogP contribution in [-0.2, 0) is 5.41 Å². The first kappa shape index (κ1) is 32.3. The van der Waals surface area contributed by atoms with Crippen molar-refractivity contribution >= 4 is 39.2 Å². The summed E-state index contributed by atoms with van der Waals surface area (Å²) < 4.78 is 0. The molecular weight excluding hydrogens is 641 g/mol. The van der Waals surface area contributed by atoms with Gasteiger partial charge >= 0.3 is 0 Å². The Bertz CT molecular complexity index is 2730. The monoisotopic (exact) mass is 678 g/mol. The SMILES string of the molecule is CC1(C)c2ccc(-c3ccc(-c4ccc(C=N/C(=C\C(=N)c5ccccc5)c5ccccc5)c5ccccc45)cc3)cc2-c2cc3ccccc3cc21. The molecule has 0 fully saturated rings. The molecule has 0 bridgehead atoms. The first-order valence-electron chi connectivity index (χ1n) is 18.2. The number of benzene rings is 8. The van der Waals surface area contributed by atoms with Gasteiger partial charge in [-0.2, -0.15) is 0 Å². The Morgan fingerprint density at radius 3 is 1.81 bits per heavy atom. The lowest BCUT2D eigenvalue weighted by Crippen LogP contribution is -2.14. The van der Waals surface area contributed by atoms with Crippen molar-refractivity contribution in [1.29, 1.82) is 5.41 Å². The van der Waals surface area contributed by atoms with Gasteiger partial charge in [0.1, 0.15) is 0 Å². The molecule has 252 valence electrons. The van der Waals surface area contributed by atoms with Crippen molar-refractivity contribution in [3.05, 3.63) is 210 Å². The molecular formula is C51H38N2. The summed E-state index contributed by atoms with van der Waals surface area (Å²) in [6, 6.07) is 62.2. The fourth-order valence-electron chi connectivity index (χ4n) is 7.93. The number of hydrogen-bond donors (Lipinski definition) is 1. The summed E-state index contributed by atoms with van der Waals surface area (Å²) in [5, 5.41) is 13.7. The van der Waals surface area contributed by atoms with Gasteiger partial charge in [-0.15, -0.1) is 0 Å². The topological polar surface area (TPSA) is 36.2 Å². The molecule has 1 aliphatic rings. The van der Waals surface area contributed by atoms with Gasteiger partial charge < -0.3 is 5.41 Å². The Balaban J connectivity index is 1.04. The maximum absolute atomic E-state index is 8.77. The molecule has 8 aromatic carbocycles. The largest absolute Gasteiger partial charge is 0.300 e. The van der Waals surface area contributed by atoms with Gasteiger partial charge in [-0.05, 0) is 95.9 Å². The molecule has 0 heterocycles. The van der Waals surface area contributed by atoms with E-state index in [9.17, 15) is 0 Å². The number of rotatable bonds is 7. The fourth-order valence-corrected chi connectivity index (χ4v) is 7.93. The Kier molecular flexibility index (Phi) is 8.01. The van der Waals surface area contributed by atoms with Crippen LogP contribution in [0.4, 0.5) is 0 Å². The van der Waals surface area contributed by atoms with Crippen LogP contribution >= 0.6 is 0 Å². The van der Waals surface area contributed by atoms with Crippen LogP contribution in [0, 0.1) is 5.41 Å². The third-order valence-corrected chi connectivity index (χ3v) is 10.8. The molecule has 1 aliphatic carbocycles. The van der Waals surface area contributed by atoms with E-state index in [1.165, 1.54) is 60.7 Å². The van der Waals surface area contributed by atoms with Crippen molar-refractivity contribution in [2.45, 2.75) is 19.3 Å². The highest BCUT2D eigenvalue weighted by Crippen LogP contribution is 2.50. The first-order valence-corrected chi connectivity index (χ1v) is 18.2.